The van der Waals surface area contributed by atoms with Gasteiger partial charge < -0.3 is 0 Å². The first kappa shape index (κ1) is 14.1. The Hall–Kier alpha value is -1.30. The van der Waals surface area contributed by atoms with Gasteiger partial charge in [0, 0.05) is 17.3 Å². The molecule has 1 saturated heterocycles. The van der Waals surface area contributed by atoms with E-state index in [1.807, 2.05) is 0 Å². The van der Waals surface area contributed by atoms with E-state index in [4.69, 9.17) is 0 Å². The molecule has 2 rings (SSSR count). The van der Waals surface area contributed by atoms with Crippen LogP contribution in [0.2, 0.25) is 0 Å². The summed E-state index contributed by atoms with van der Waals surface area (Å²) < 4.78 is 27.8. The fourth-order valence-corrected chi connectivity index (χ4v) is 2.58. The number of halogens is 3. The Kier molecular flexibility index (Phi) is 3.47. The minimum absolute atomic E-state index is 0.0771. The van der Waals surface area contributed by atoms with Gasteiger partial charge >= 0.3 is 0 Å². The summed E-state index contributed by atoms with van der Waals surface area (Å²) in [6.45, 7) is 3.54. The average molecular weight is 332 g/mol. The number of amides is 2. The number of hydrogen-bond donors (Lipinski definition) is 0. The third kappa shape index (κ3) is 2.68. The molecule has 0 aromatic heterocycles. The van der Waals surface area contributed by atoms with Crippen molar-refractivity contribution in [3.05, 3.63) is 28.2 Å². The zero-order valence-electron chi connectivity index (χ0n) is 10.5. The van der Waals surface area contributed by atoms with Crippen LogP contribution in [0.1, 0.15) is 26.7 Å². The van der Waals surface area contributed by atoms with Gasteiger partial charge in [0.15, 0.2) is 11.6 Å². The third-order valence-electron chi connectivity index (χ3n) is 2.96. The quantitative estimate of drug-likeness (QED) is 0.739. The van der Waals surface area contributed by atoms with Crippen LogP contribution in [0.4, 0.5) is 14.5 Å². The highest BCUT2D eigenvalue weighted by Crippen LogP contribution is 2.36. The van der Waals surface area contributed by atoms with Crippen molar-refractivity contribution in [2.75, 3.05) is 4.90 Å². The van der Waals surface area contributed by atoms with E-state index in [2.05, 4.69) is 15.9 Å². The van der Waals surface area contributed by atoms with E-state index in [0.717, 1.165) is 12.1 Å². The minimum Gasteiger partial charge on any atom is -0.274 e. The number of imide groups is 1. The number of nitrogens with zero attached hydrogens (tertiary/aromatic N) is 1. The van der Waals surface area contributed by atoms with E-state index < -0.39 is 34.6 Å². The molecule has 2 amide bonds. The molecule has 0 aliphatic carbocycles. The molecular weight excluding hydrogens is 320 g/mol. The van der Waals surface area contributed by atoms with Crippen molar-refractivity contribution in [1.82, 2.24) is 0 Å². The predicted molar refractivity (Wildman–Crippen MR) is 69.6 cm³/mol. The summed E-state index contributed by atoms with van der Waals surface area (Å²) in [5.41, 5.74) is -1.07. The Morgan fingerprint density at radius 2 is 1.53 bits per heavy atom. The van der Waals surface area contributed by atoms with Crippen molar-refractivity contribution in [1.29, 1.82) is 0 Å². The summed E-state index contributed by atoms with van der Waals surface area (Å²) in [6, 6.07) is 2.05. The van der Waals surface area contributed by atoms with Gasteiger partial charge in [0.25, 0.3) is 0 Å². The second-order valence-electron chi connectivity index (χ2n) is 5.36. The molecule has 1 aromatic carbocycles. The molecule has 1 aliphatic heterocycles. The lowest BCUT2D eigenvalue weighted by molar-refractivity contribution is -0.132. The molecule has 6 heteroatoms. The number of anilines is 1. The van der Waals surface area contributed by atoms with Crippen LogP contribution >= 0.6 is 15.9 Å². The smallest absolute Gasteiger partial charge is 0.234 e. The van der Waals surface area contributed by atoms with Crippen LogP contribution < -0.4 is 4.90 Å². The molecule has 0 bridgehead atoms. The largest absolute Gasteiger partial charge is 0.274 e. The van der Waals surface area contributed by atoms with E-state index >= 15 is 0 Å². The van der Waals surface area contributed by atoms with Crippen molar-refractivity contribution in [2.24, 2.45) is 5.41 Å². The minimum atomic E-state index is -0.937. The van der Waals surface area contributed by atoms with Crippen molar-refractivity contribution in [3.8, 4) is 0 Å². The van der Waals surface area contributed by atoms with Crippen LogP contribution in [0.15, 0.2) is 16.6 Å². The van der Waals surface area contributed by atoms with Crippen molar-refractivity contribution in [2.45, 2.75) is 26.7 Å². The molecule has 0 spiro atoms. The topological polar surface area (TPSA) is 37.4 Å². The summed E-state index contributed by atoms with van der Waals surface area (Å²) >= 11 is 2.95. The van der Waals surface area contributed by atoms with E-state index in [9.17, 15) is 18.4 Å². The summed E-state index contributed by atoms with van der Waals surface area (Å²) in [4.78, 5) is 24.6. The summed E-state index contributed by atoms with van der Waals surface area (Å²) in [7, 11) is 0. The van der Waals surface area contributed by atoms with E-state index in [0.29, 0.717) is 4.90 Å². The third-order valence-corrected chi connectivity index (χ3v) is 3.42. The number of carbonyl (C=O) groups excluding carboxylic acids is 2. The molecule has 19 heavy (non-hydrogen) atoms. The summed E-state index contributed by atoms with van der Waals surface area (Å²) in [5, 5.41) is 0. The molecule has 1 aliphatic rings. The monoisotopic (exact) mass is 331 g/mol. The van der Waals surface area contributed by atoms with Gasteiger partial charge in [0.2, 0.25) is 11.8 Å². The van der Waals surface area contributed by atoms with Crippen molar-refractivity contribution >= 4 is 33.4 Å². The van der Waals surface area contributed by atoms with Gasteiger partial charge in [0.1, 0.15) is 5.69 Å². The second kappa shape index (κ2) is 4.67. The molecule has 102 valence electrons. The molecule has 0 N–H and O–H groups in total. The Balaban J connectivity index is 2.48. The summed E-state index contributed by atoms with van der Waals surface area (Å²) in [5.74, 6) is -3.04. The van der Waals surface area contributed by atoms with Crippen LogP contribution in [0.5, 0.6) is 0 Å². The first-order valence-corrected chi connectivity index (χ1v) is 6.51. The zero-order valence-corrected chi connectivity index (χ0v) is 12.1. The highest BCUT2D eigenvalue weighted by atomic mass is 79.9. The fraction of sp³-hybridized carbons (Fsp3) is 0.385. The van der Waals surface area contributed by atoms with Gasteiger partial charge in [-0.1, -0.05) is 29.8 Å². The van der Waals surface area contributed by atoms with E-state index in [1.165, 1.54) is 0 Å². The number of benzene rings is 1. The van der Waals surface area contributed by atoms with Crippen LogP contribution in [0.3, 0.4) is 0 Å². The van der Waals surface area contributed by atoms with E-state index in [-0.39, 0.29) is 17.3 Å². The molecule has 3 nitrogen and oxygen atoms in total. The maximum absolute atomic E-state index is 13.8. The van der Waals surface area contributed by atoms with Crippen LogP contribution in [0, 0.1) is 17.0 Å². The number of piperidine rings is 1. The molecule has 0 atom stereocenters. The molecule has 1 fully saturated rings. The molecule has 0 saturated carbocycles. The number of rotatable bonds is 1. The molecule has 1 heterocycles. The highest BCUT2D eigenvalue weighted by Gasteiger charge is 2.40. The van der Waals surface area contributed by atoms with Gasteiger partial charge in [-0.05, 0) is 17.5 Å². The van der Waals surface area contributed by atoms with Gasteiger partial charge in [-0.25, -0.2) is 13.7 Å². The fourth-order valence-electron chi connectivity index (χ4n) is 2.18. The highest BCUT2D eigenvalue weighted by molar-refractivity contribution is 9.10. The Labute approximate surface area is 117 Å². The first-order chi connectivity index (χ1) is 8.71. The average Bonchev–Trinajstić information content (AvgIpc) is 2.18. The second-order valence-corrected chi connectivity index (χ2v) is 6.27. The predicted octanol–water partition coefficient (Wildman–Crippen LogP) is 3.41. The van der Waals surface area contributed by atoms with Gasteiger partial charge in [-0.15, -0.1) is 0 Å². The Bertz CT molecular complexity index is 529. The van der Waals surface area contributed by atoms with Gasteiger partial charge in [-0.2, -0.15) is 0 Å². The van der Waals surface area contributed by atoms with Gasteiger partial charge in [-0.3, -0.25) is 9.59 Å². The number of hydrogen-bond acceptors (Lipinski definition) is 2. The van der Waals surface area contributed by atoms with Gasteiger partial charge in [0.05, 0.1) is 0 Å². The Morgan fingerprint density at radius 1 is 1.11 bits per heavy atom. The molecule has 0 unspecified atom stereocenters. The van der Waals surface area contributed by atoms with Crippen molar-refractivity contribution in [3.63, 3.8) is 0 Å². The van der Waals surface area contributed by atoms with Crippen molar-refractivity contribution < 1.29 is 18.4 Å². The lowest BCUT2D eigenvalue weighted by Crippen LogP contribution is -2.47. The normalized spacial score (nSPS) is 18.9. The lowest BCUT2D eigenvalue weighted by atomic mass is 9.81. The molecular formula is C13H12BrF2NO2. The molecule has 0 radical (unpaired) electrons. The Morgan fingerprint density at radius 3 is 1.95 bits per heavy atom. The molecule has 1 aromatic rings. The first-order valence-electron chi connectivity index (χ1n) is 5.71. The van der Waals surface area contributed by atoms with Crippen LogP contribution in [-0.2, 0) is 9.59 Å². The van der Waals surface area contributed by atoms with Crippen LogP contribution in [-0.4, -0.2) is 11.8 Å². The van der Waals surface area contributed by atoms with E-state index in [1.54, 1.807) is 13.8 Å². The standard InChI is InChI=1S/C13H12BrF2NO2/c1-13(2)5-10(18)17(11(19)6-13)12-8(15)3-7(14)4-9(12)16/h3-4H,5-6H2,1-2H3. The van der Waals surface area contributed by atoms with Crippen LogP contribution in [0.25, 0.3) is 0 Å². The zero-order chi connectivity index (χ0) is 14.4. The number of carbonyl (C=O) groups is 2. The lowest BCUT2D eigenvalue weighted by Gasteiger charge is -2.34. The SMILES string of the molecule is CC1(C)CC(=O)N(c2c(F)cc(Br)cc2F)C(=O)C1. The maximum atomic E-state index is 13.8. The summed E-state index contributed by atoms with van der Waals surface area (Å²) in [6.07, 6.45) is 0.154. The maximum Gasteiger partial charge on any atom is 0.234 e.